The second kappa shape index (κ2) is 6.31. The minimum absolute atomic E-state index is 0.163. The Balaban J connectivity index is 2.23. The van der Waals surface area contributed by atoms with Crippen molar-refractivity contribution in [2.75, 3.05) is 11.9 Å². The summed E-state index contributed by atoms with van der Waals surface area (Å²) < 4.78 is 0. The molecule has 1 aliphatic rings. The van der Waals surface area contributed by atoms with E-state index >= 15 is 0 Å². The van der Waals surface area contributed by atoms with Gasteiger partial charge in [-0.25, -0.2) is 4.98 Å². The quantitative estimate of drug-likeness (QED) is 0.635. The first-order valence-electron chi connectivity index (χ1n) is 6.81. The van der Waals surface area contributed by atoms with E-state index in [1.165, 1.54) is 6.07 Å². The number of anilines is 1. The van der Waals surface area contributed by atoms with E-state index in [0.29, 0.717) is 12.4 Å². The average Bonchev–Trinajstić information content (AvgIpc) is 2.92. The van der Waals surface area contributed by atoms with Crippen LogP contribution in [-0.4, -0.2) is 28.4 Å². The van der Waals surface area contributed by atoms with Crippen LogP contribution in [0.25, 0.3) is 0 Å². The zero-order valence-corrected chi connectivity index (χ0v) is 11.4. The summed E-state index contributed by atoms with van der Waals surface area (Å²) in [6.07, 6.45) is 5.30. The van der Waals surface area contributed by atoms with Gasteiger partial charge in [-0.05, 0) is 19.8 Å². The van der Waals surface area contributed by atoms with Gasteiger partial charge in [0.1, 0.15) is 12.0 Å². The van der Waals surface area contributed by atoms with Crippen molar-refractivity contribution in [2.24, 2.45) is 0 Å². The highest BCUT2D eigenvalue weighted by atomic mass is 16.6. The van der Waals surface area contributed by atoms with Crippen molar-refractivity contribution in [1.82, 2.24) is 10.3 Å². The van der Waals surface area contributed by atoms with E-state index in [1.54, 1.807) is 0 Å². The molecule has 7 heteroatoms. The van der Waals surface area contributed by atoms with Gasteiger partial charge in [0, 0.05) is 18.7 Å². The van der Waals surface area contributed by atoms with Crippen molar-refractivity contribution in [2.45, 2.75) is 38.6 Å². The molecule has 1 aromatic heterocycles. The fourth-order valence-corrected chi connectivity index (χ4v) is 2.37. The second-order valence-corrected chi connectivity index (χ2v) is 4.83. The standard InChI is InChI=1S/C13H18N4O3/c1-2-14-12-11(7-10(8-15-12)17(19)20)13(18)16-9-5-3-4-6-9/h7-9H,2-6H2,1H3,(H,14,15)(H,16,18). The van der Waals surface area contributed by atoms with Crippen LogP contribution in [0.5, 0.6) is 0 Å². The number of nitrogens with zero attached hydrogens (tertiary/aromatic N) is 2. The molecular formula is C13H18N4O3. The number of aromatic nitrogens is 1. The summed E-state index contributed by atoms with van der Waals surface area (Å²) in [4.78, 5) is 26.5. The van der Waals surface area contributed by atoms with Crippen molar-refractivity contribution in [3.8, 4) is 0 Å². The summed E-state index contributed by atoms with van der Waals surface area (Å²) in [7, 11) is 0. The normalized spacial score (nSPS) is 15.1. The highest BCUT2D eigenvalue weighted by molar-refractivity contribution is 5.99. The van der Waals surface area contributed by atoms with Gasteiger partial charge in [0.05, 0.1) is 10.5 Å². The molecule has 0 radical (unpaired) electrons. The summed E-state index contributed by atoms with van der Waals surface area (Å²) in [5.74, 6) is 0.0812. The maximum absolute atomic E-state index is 12.3. The number of rotatable bonds is 5. The number of nitrogens with one attached hydrogen (secondary N) is 2. The van der Waals surface area contributed by atoms with Gasteiger partial charge in [-0.15, -0.1) is 0 Å². The molecule has 0 saturated heterocycles. The third-order valence-corrected chi connectivity index (χ3v) is 3.36. The van der Waals surface area contributed by atoms with E-state index in [0.717, 1.165) is 31.9 Å². The smallest absolute Gasteiger partial charge is 0.288 e. The number of hydrogen-bond donors (Lipinski definition) is 2. The maximum atomic E-state index is 12.3. The van der Waals surface area contributed by atoms with Gasteiger partial charge in [-0.1, -0.05) is 12.8 Å². The molecule has 1 amide bonds. The molecule has 108 valence electrons. The fraction of sp³-hybridized carbons (Fsp3) is 0.538. The van der Waals surface area contributed by atoms with E-state index < -0.39 is 4.92 Å². The average molecular weight is 278 g/mol. The summed E-state index contributed by atoms with van der Waals surface area (Å²) in [6.45, 7) is 2.47. The molecule has 1 aromatic rings. The van der Waals surface area contributed by atoms with Gasteiger partial charge in [0.15, 0.2) is 0 Å². The van der Waals surface area contributed by atoms with Crippen LogP contribution in [-0.2, 0) is 0 Å². The topological polar surface area (TPSA) is 97.2 Å². The van der Waals surface area contributed by atoms with Crippen LogP contribution in [0.4, 0.5) is 11.5 Å². The zero-order chi connectivity index (χ0) is 14.5. The van der Waals surface area contributed by atoms with Crippen LogP contribution in [0.1, 0.15) is 43.0 Å². The van der Waals surface area contributed by atoms with Crippen molar-refractivity contribution in [1.29, 1.82) is 0 Å². The van der Waals surface area contributed by atoms with E-state index in [1.807, 2.05) is 6.92 Å². The Hall–Kier alpha value is -2.18. The Morgan fingerprint density at radius 3 is 2.80 bits per heavy atom. The minimum atomic E-state index is -0.547. The van der Waals surface area contributed by atoms with Crippen molar-refractivity contribution < 1.29 is 9.72 Å². The molecule has 0 bridgehead atoms. The lowest BCUT2D eigenvalue weighted by molar-refractivity contribution is -0.385. The van der Waals surface area contributed by atoms with Crippen molar-refractivity contribution >= 4 is 17.4 Å². The SMILES string of the molecule is CCNc1ncc([N+](=O)[O-])cc1C(=O)NC1CCCC1. The molecule has 2 N–H and O–H groups in total. The summed E-state index contributed by atoms with van der Waals surface area (Å²) in [6, 6.07) is 1.44. The Morgan fingerprint density at radius 1 is 1.50 bits per heavy atom. The van der Waals surface area contributed by atoms with Gasteiger partial charge in [-0.3, -0.25) is 14.9 Å². The molecule has 2 rings (SSSR count). The lowest BCUT2D eigenvalue weighted by atomic mass is 10.2. The monoisotopic (exact) mass is 278 g/mol. The Bertz CT molecular complexity index is 512. The predicted octanol–water partition coefficient (Wildman–Crippen LogP) is 2.09. The van der Waals surface area contributed by atoms with E-state index in [2.05, 4.69) is 15.6 Å². The molecule has 1 saturated carbocycles. The van der Waals surface area contributed by atoms with Gasteiger partial charge in [0.25, 0.3) is 11.6 Å². The van der Waals surface area contributed by atoms with Crippen molar-refractivity contribution in [3.05, 3.63) is 27.9 Å². The first kappa shape index (κ1) is 14.2. The number of nitro groups is 1. The largest absolute Gasteiger partial charge is 0.370 e. The number of carbonyl (C=O) groups excluding carboxylic acids is 1. The van der Waals surface area contributed by atoms with Gasteiger partial charge >= 0.3 is 0 Å². The van der Waals surface area contributed by atoms with Crippen LogP contribution in [0.2, 0.25) is 0 Å². The predicted molar refractivity (Wildman–Crippen MR) is 74.8 cm³/mol. The Morgan fingerprint density at radius 2 is 2.20 bits per heavy atom. The Labute approximate surface area is 116 Å². The summed E-state index contributed by atoms with van der Waals surface area (Å²) in [5.41, 5.74) is 0.0520. The van der Waals surface area contributed by atoms with Crippen LogP contribution in [0.3, 0.4) is 0 Å². The molecule has 1 fully saturated rings. The number of carbonyl (C=O) groups is 1. The number of hydrogen-bond acceptors (Lipinski definition) is 5. The molecule has 0 aromatic carbocycles. The van der Waals surface area contributed by atoms with E-state index in [4.69, 9.17) is 0 Å². The van der Waals surface area contributed by atoms with Gasteiger partial charge in [0.2, 0.25) is 0 Å². The highest BCUT2D eigenvalue weighted by Gasteiger charge is 2.22. The number of amides is 1. The van der Waals surface area contributed by atoms with Gasteiger partial charge < -0.3 is 10.6 Å². The minimum Gasteiger partial charge on any atom is -0.370 e. The Kier molecular flexibility index (Phi) is 4.49. The van der Waals surface area contributed by atoms with Crippen LogP contribution >= 0.6 is 0 Å². The molecule has 0 atom stereocenters. The first-order chi connectivity index (χ1) is 9.61. The van der Waals surface area contributed by atoms with Crippen LogP contribution in [0, 0.1) is 10.1 Å². The molecule has 7 nitrogen and oxygen atoms in total. The molecule has 1 heterocycles. The second-order valence-electron chi connectivity index (χ2n) is 4.83. The van der Waals surface area contributed by atoms with Crippen LogP contribution in [0.15, 0.2) is 12.3 Å². The molecule has 0 aliphatic heterocycles. The molecule has 0 spiro atoms. The third kappa shape index (κ3) is 3.23. The molecule has 1 aliphatic carbocycles. The molecular weight excluding hydrogens is 260 g/mol. The lowest BCUT2D eigenvalue weighted by Crippen LogP contribution is -2.33. The molecule has 0 unspecified atom stereocenters. The lowest BCUT2D eigenvalue weighted by Gasteiger charge is -2.14. The van der Waals surface area contributed by atoms with E-state index in [9.17, 15) is 14.9 Å². The third-order valence-electron chi connectivity index (χ3n) is 3.36. The fourth-order valence-electron chi connectivity index (χ4n) is 2.37. The first-order valence-corrected chi connectivity index (χ1v) is 6.81. The maximum Gasteiger partial charge on any atom is 0.288 e. The van der Waals surface area contributed by atoms with E-state index in [-0.39, 0.29) is 23.2 Å². The van der Waals surface area contributed by atoms with Crippen molar-refractivity contribution in [3.63, 3.8) is 0 Å². The zero-order valence-electron chi connectivity index (χ0n) is 11.4. The van der Waals surface area contributed by atoms with Gasteiger partial charge in [-0.2, -0.15) is 0 Å². The highest BCUT2D eigenvalue weighted by Crippen LogP contribution is 2.22. The molecule has 20 heavy (non-hydrogen) atoms. The number of pyridine rings is 1. The van der Waals surface area contributed by atoms with Crippen LogP contribution < -0.4 is 10.6 Å². The summed E-state index contributed by atoms with van der Waals surface area (Å²) >= 11 is 0. The summed E-state index contributed by atoms with van der Waals surface area (Å²) in [5, 5.41) is 16.7.